The molecule has 2 aromatic carbocycles. The molecule has 0 spiro atoms. The molecule has 25 heavy (non-hydrogen) atoms. The number of aryl methyl sites for hydroxylation is 1. The fourth-order valence-corrected chi connectivity index (χ4v) is 2.44. The van der Waals surface area contributed by atoms with E-state index in [2.05, 4.69) is 28.9 Å². The number of aliphatic hydroxyl groups excluding tert-OH is 1. The Bertz CT molecular complexity index is 613. The van der Waals surface area contributed by atoms with E-state index in [4.69, 9.17) is 10.5 Å². The summed E-state index contributed by atoms with van der Waals surface area (Å²) in [6.45, 7) is 5.89. The second-order valence-corrected chi connectivity index (χ2v) is 6.17. The van der Waals surface area contributed by atoms with E-state index < -0.39 is 0 Å². The molecule has 0 fully saturated rings. The molecule has 1 aliphatic rings. The molecule has 0 radical (unpaired) electrons. The molecule has 0 aliphatic heterocycles. The average Bonchev–Trinajstić information content (AvgIpc) is 2.95. The number of aldehydes is 1. The van der Waals surface area contributed by atoms with Crippen molar-refractivity contribution in [2.75, 3.05) is 0 Å². The van der Waals surface area contributed by atoms with Crippen LogP contribution in [0.3, 0.4) is 0 Å². The van der Waals surface area contributed by atoms with E-state index >= 15 is 0 Å². The Morgan fingerprint density at radius 3 is 2.16 bits per heavy atom. The highest BCUT2D eigenvalue weighted by Gasteiger charge is 2.26. The van der Waals surface area contributed by atoms with Gasteiger partial charge in [0, 0.05) is 17.3 Å². The highest BCUT2D eigenvalue weighted by molar-refractivity contribution is 9.10. The number of nitrogens with two attached hydrogens (primary N) is 1. The Morgan fingerprint density at radius 1 is 1.20 bits per heavy atom. The van der Waals surface area contributed by atoms with Crippen molar-refractivity contribution in [1.82, 2.24) is 0 Å². The summed E-state index contributed by atoms with van der Waals surface area (Å²) in [7, 11) is 0. The molecular formula is C20H26BrNO3. The number of benzene rings is 2. The third-order valence-corrected chi connectivity index (χ3v) is 4.39. The summed E-state index contributed by atoms with van der Waals surface area (Å²) in [5.74, 6) is 0. The molecule has 4 nitrogen and oxygen atoms in total. The Labute approximate surface area is 158 Å². The number of hydrogen-bond acceptors (Lipinski definition) is 4. The highest BCUT2D eigenvalue weighted by atomic mass is 79.9. The van der Waals surface area contributed by atoms with Crippen LogP contribution in [0, 0.1) is 6.92 Å². The van der Waals surface area contributed by atoms with Gasteiger partial charge in [-0.25, -0.2) is 0 Å². The lowest BCUT2D eigenvalue weighted by molar-refractivity contribution is -0.107. The highest BCUT2D eigenvalue weighted by Crippen LogP contribution is 2.28. The van der Waals surface area contributed by atoms with Crippen LogP contribution in [0.4, 0.5) is 0 Å². The molecule has 0 bridgehead atoms. The summed E-state index contributed by atoms with van der Waals surface area (Å²) in [5, 5.41) is 9.39. The zero-order valence-electron chi connectivity index (χ0n) is 14.7. The SMILES string of the molecule is C=O.CCC=O.Cc1ccccc1Br.N[C@H]1c2ccccc2CC1O. The molecule has 0 amide bonds. The van der Waals surface area contributed by atoms with E-state index in [0.717, 1.165) is 11.8 Å². The normalized spacial score (nSPS) is 16.7. The van der Waals surface area contributed by atoms with Gasteiger partial charge in [0.05, 0.1) is 12.1 Å². The molecule has 3 N–H and O–H groups in total. The summed E-state index contributed by atoms with van der Waals surface area (Å²) < 4.78 is 1.18. The number of carbonyl (C=O) groups is 2. The third-order valence-electron chi connectivity index (χ3n) is 3.50. The number of rotatable bonds is 1. The Hall–Kier alpha value is -1.82. The van der Waals surface area contributed by atoms with Crippen LogP contribution in [0.2, 0.25) is 0 Å². The lowest BCUT2D eigenvalue weighted by Crippen LogP contribution is -2.21. The molecule has 0 aromatic heterocycles. The van der Waals surface area contributed by atoms with Crippen LogP contribution in [0.15, 0.2) is 53.0 Å². The molecule has 2 aromatic rings. The standard InChI is InChI=1S/C9H11NO.C7H7Br.C3H6O.CH2O/c10-9-7-4-2-1-3-6(7)5-8(9)11;1-6-4-2-3-5-7(6)8;1-2-3-4;1-2/h1-4,8-9,11H,5,10H2;2-5H,1H3;3H,2H2,1H3;1H2/t8?,9-;;;/m0.../s1. The van der Waals surface area contributed by atoms with Gasteiger partial charge in [-0.15, -0.1) is 0 Å². The number of carbonyl (C=O) groups excluding carboxylic acids is 2. The topological polar surface area (TPSA) is 80.4 Å². The minimum absolute atomic E-state index is 0.175. The average molecular weight is 408 g/mol. The van der Waals surface area contributed by atoms with E-state index in [1.165, 1.54) is 15.6 Å². The van der Waals surface area contributed by atoms with Gasteiger partial charge in [-0.3, -0.25) is 0 Å². The Morgan fingerprint density at radius 2 is 1.72 bits per heavy atom. The maximum Gasteiger partial charge on any atom is 0.119 e. The molecule has 0 saturated heterocycles. The zero-order chi connectivity index (χ0) is 19.2. The van der Waals surface area contributed by atoms with E-state index in [0.29, 0.717) is 12.8 Å². The molecule has 2 atom stereocenters. The van der Waals surface area contributed by atoms with Crippen LogP contribution in [0.5, 0.6) is 0 Å². The lowest BCUT2D eigenvalue weighted by Gasteiger charge is -2.07. The minimum Gasteiger partial charge on any atom is -0.391 e. The summed E-state index contributed by atoms with van der Waals surface area (Å²) in [4.78, 5) is 17.2. The fraction of sp³-hybridized carbons (Fsp3) is 0.300. The number of halogens is 1. The van der Waals surface area contributed by atoms with Crippen LogP contribution >= 0.6 is 15.9 Å². The third kappa shape index (κ3) is 8.20. The Kier molecular flexibility index (Phi) is 12.5. The van der Waals surface area contributed by atoms with E-state index in [1.54, 1.807) is 0 Å². The molecule has 136 valence electrons. The van der Waals surface area contributed by atoms with Crippen molar-refractivity contribution in [3.63, 3.8) is 0 Å². The van der Waals surface area contributed by atoms with Crippen molar-refractivity contribution in [2.45, 2.75) is 38.8 Å². The van der Waals surface area contributed by atoms with Crippen molar-refractivity contribution in [1.29, 1.82) is 0 Å². The second kappa shape index (κ2) is 13.5. The van der Waals surface area contributed by atoms with Crippen LogP contribution < -0.4 is 5.73 Å². The maximum atomic E-state index is 9.39. The number of fused-ring (bicyclic) bond motifs is 1. The molecule has 0 saturated carbocycles. The largest absolute Gasteiger partial charge is 0.391 e. The van der Waals surface area contributed by atoms with Crippen LogP contribution in [0.1, 0.15) is 36.1 Å². The number of aliphatic hydroxyl groups is 1. The van der Waals surface area contributed by atoms with Gasteiger partial charge in [-0.1, -0.05) is 65.3 Å². The quantitative estimate of drug-likeness (QED) is 0.704. The van der Waals surface area contributed by atoms with Crippen molar-refractivity contribution in [3.05, 3.63) is 69.7 Å². The van der Waals surface area contributed by atoms with Crippen LogP contribution in [-0.2, 0) is 16.0 Å². The Balaban J connectivity index is 0.000000363. The summed E-state index contributed by atoms with van der Waals surface area (Å²) in [6.07, 6.45) is 1.84. The fourth-order valence-electron chi connectivity index (χ4n) is 2.16. The monoisotopic (exact) mass is 407 g/mol. The van der Waals surface area contributed by atoms with Crippen LogP contribution in [0.25, 0.3) is 0 Å². The van der Waals surface area contributed by atoms with Crippen molar-refractivity contribution in [3.8, 4) is 0 Å². The first-order chi connectivity index (χ1) is 12.0. The van der Waals surface area contributed by atoms with E-state index in [9.17, 15) is 9.90 Å². The molecule has 0 heterocycles. The minimum atomic E-state index is -0.382. The first-order valence-electron chi connectivity index (χ1n) is 7.96. The van der Waals surface area contributed by atoms with Crippen LogP contribution in [-0.4, -0.2) is 24.3 Å². The lowest BCUT2D eigenvalue weighted by atomic mass is 10.1. The summed E-state index contributed by atoms with van der Waals surface area (Å²) >= 11 is 3.40. The molecule has 1 unspecified atom stereocenters. The van der Waals surface area contributed by atoms with Gasteiger partial charge in [0.15, 0.2) is 0 Å². The smallest absolute Gasteiger partial charge is 0.119 e. The van der Waals surface area contributed by atoms with E-state index in [1.807, 2.05) is 56.2 Å². The van der Waals surface area contributed by atoms with Gasteiger partial charge in [0.25, 0.3) is 0 Å². The van der Waals surface area contributed by atoms with Gasteiger partial charge in [0.1, 0.15) is 13.1 Å². The zero-order valence-corrected chi connectivity index (χ0v) is 16.3. The van der Waals surface area contributed by atoms with Gasteiger partial charge < -0.3 is 20.4 Å². The predicted octanol–water partition coefficient (Wildman–Crippen LogP) is 3.77. The van der Waals surface area contributed by atoms with Gasteiger partial charge >= 0.3 is 0 Å². The molecular weight excluding hydrogens is 382 g/mol. The predicted molar refractivity (Wildman–Crippen MR) is 105 cm³/mol. The van der Waals surface area contributed by atoms with Crippen molar-refractivity contribution >= 4 is 29.0 Å². The van der Waals surface area contributed by atoms with Gasteiger partial charge in [-0.05, 0) is 29.7 Å². The summed E-state index contributed by atoms with van der Waals surface area (Å²) in [6, 6.07) is 15.9. The molecule has 5 heteroatoms. The summed E-state index contributed by atoms with van der Waals surface area (Å²) in [5.41, 5.74) is 9.31. The molecule has 1 aliphatic carbocycles. The molecule has 3 rings (SSSR count). The number of hydrogen-bond donors (Lipinski definition) is 2. The van der Waals surface area contributed by atoms with Crippen molar-refractivity contribution in [2.24, 2.45) is 5.73 Å². The first-order valence-corrected chi connectivity index (χ1v) is 8.75. The van der Waals surface area contributed by atoms with Gasteiger partial charge in [-0.2, -0.15) is 0 Å². The van der Waals surface area contributed by atoms with E-state index in [-0.39, 0.29) is 12.1 Å². The maximum absolute atomic E-state index is 9.39. The van der Waals surface area contributed by atoms with Gasteiger partial charge in [0.2, 0.25) is 0 Å². The van der Waals surface area contributed by atoms with Crippen molar-refractivity contribution < 1.29 is 14.7 Å². The second-order valence-electron chi connectivity index (χ2n) is 5.32. The first kappa shape index (κ1) is 23.2.